The smallest absolute Gasteiger partial charge is 0.221 e. The van der Waals surface area contributed by atoms with Gasteiger partial charge in [0, 0.05) is 11.8 Å². The Morgan fingerprint density at radius 3 is 3.08 bits per heavy atom. The molecule has 0 aliphatic carbocycles. The molecule has 5 heteroatoms. The first kappa shape index (κ1) is 10.2. The van der Waals surface area contributed by atoms with Crippen molar-refractivity contribution >= 4 is 22.9 Å². The monoisotopic (exact) mass is 200 g/mol. The first-order valence-electron chi connectivity index (χ1n) is 3.84. The summed E-state index contributed by atoms with van der Waals surface area (Å²) in [7, 11) is 1.56. The maximum Gasteiger partial charge on any atom is 0.221 e. The highest BCUT2D eigenvalue weighted by Gasteiger charge is 2.04. The van der Waals surface area contributed by atoms with Gasteiger partial charge < -0.3 is 10.2 Å². The Kier molecular flexibility index (Phi) is 3.88. The number of hydrogen-bond donors (Lipinski definition) is 2. The Hall–Kier alpha value is -0.910. The average Bonchev–Trinajstić information content (AvgIpc) is 2.48. The van der Waals surface area contributed by atoms with E-state index in [1.165, 1.54) is 6.92 Å². The largest absolute Gasteiger partial charge is 0.325 e. The molecule has 0 aromatic carbocycles. The van der Waals surface area contributed by atoms with Crippen LogP contribution in [0.3, 0.4) is 0 Å². The third-order valence-corrected chi connectivity index (χ3v) is 2.35. The molecule has 2 N–H and O–H groups in total. The van der Waals surface area contributed by atoms with Crippen LogP contribution >= 0.6 is 11.3 Å². The van der Waals surface area contributed by atoms with Crippen molar-refractivity contribution in [2.75, 3.05) is 12.4 Å². The Balaban J connectivity index is 2.60. The number of nitrogens with one attached hydrogen (secondary N) is 2. The standard InChI is InChI=1S/C8H12N2O2S/c1-6(11)10-7-3-4-13-8(7)5-9-12-2/h3-4,9H,5H2,1-2H3,(H,10,11). The van der Waals surface area contributed by atoms with Crippen LogP contribution in [0.1, 0.15) is 11.8 Å². The van der Waals surface area contributed by atoms with Gasteiger partial charge in [0.1, 0.15) is 0 Å². The summed E-state index contributed by atoms with van der Waals surface area (Å²) < 4.78 is 0. The summed E-state index contributed by atoms with van der Waals surface area (Å²) in [6.45, 7) is 2.09. The predicted molar refractivity (Wildman–Crippen MR) is 52.5 cm³/mol. The van der Waals surface area contributed by atoms with Gasteiger partial charge >= 0.3 is 0 Å². The molecule has 0 radical (unpaired) electrons. The SMILES string of the molecule is CONCc1sccc1NC(C)=O. The number of hydroxylamine groups is 1. The number of carbonyl (C=O) groups is 1. The van der Waals surface area contributed by atoms with Gasteiger partial charge in [-0.2, -0.15) is 5.48 Å². The van der Waals surface area contributed by atoms with E-state index in [4.69, 9.17) is 4.84 Å². The summed E-state index contributed by atoms with van der Waals surface area (Å²) in [6.07, 6.45) is 0. The van der Waals surface area contributed by atoms with Crippen LogP contribution in [0.4, 0.5) is 5.69 Å². The molecule has 1 amide bonds. The van der Waals surface area contributed by atoms with E-state index in [-0.39, 0.29) is 5.91 Å². The lowest BCUT2D eigenvalue weighted by atomic mass is 10.4. The summed E-state index contributed by atoms with van der Waals surface area (Å²) in [6, 6.07) is 1.87. The third-order valence-electron chi connectivity index (χ3n) is 1.43. The van der Waals surface area contributed by atoms with Crippen LogP contribution in [0.5, 0.6) is 0 Å². The van der Waals surface area contributed by atoms with Crippen molar-refractivity contribution in [1.82, 2.24) is 5.48 Å². The zero-order valence-corrected chi connectivity index (χ0v) is 8.40. The molecule has 0 fully saturated rings. The molecule has 13 heavy (non-hydrogen) atoms. The van der Waals surface area contributed by atoms with Crippen molar-refractivity contribution in [1.29, 1.82) is 0 Å². The topological polar surface area (TPSA) is 50.4 Å². The Bertz CT molecular complexity index is 285. The van der Waals surface area contributed by atoms with Crippen molar-refractivity contribution in [3.05, 3.63) is 16.3 Å². The molecule has 4 nitrogen and oxygen atoms in total. The van der Waals surface area contributed by atoms with Gasteiger partial charge in [0.05, 0.1) is 19.3 Å². The third kappa shape index (κ3) is 3.14. The second-order valence-electron chi connectivity index (χ2n) is 2.46. The molecule has 1 rings (SSSR count). The highest BCUT2D eigenvalue weighted by molar-refractivity contribution is 7.10. The molecule has 0 bridgehead atoms. The van der Waals surface area contributed by atoms with Crippen LogP contribution in [0.15, 0.2) is 11.4 Å². The van der Waals surface area contributed by atoms with Gasteiger partial charge in [-0.25, -0.2) is 0 Å². The predicted octanol–water partition coefficient (Wildman–Crippen LogP) is 1.36. The summed E-state index contributed by atoms with van der Waals surface area (Å²) >= 11 is 1.57. The van der Waals surface area contributed by atoms with E-state index in [2.05, 4.69) is 10.8 Å². The van der Waals surface area contributed by atoms with Gasteiger partial charge in [0.25, 0.3) is 0 Å². The summed E-state index contributed by atoms with van der Waals surface area (Å²) in [5.41, 5.74) is 3.57. The maximum absolute atomic E-state index is 10.8. The molecule has 0 saturated heterocycles. The molecule has 1 aromatic heterocycles. The number of rotatable bonds is 4. The van der Waals surface area contributed by atoms with Crippen LogP contribution in [-0.2, 0) is 16.2 Å². The maximum atomic E-state index is 10.8. The Morgan fingerprint density at radius 1 is 1.69 bits per heavy atom. The molecule has 1 aromatic rings. The van der Waals surface area contributed by atoms with E-state index < -0.39 is 0 Å². The van der Waals surface area contributed by atoms with E-state index in [0.717, 1.165) is 10.6 Å². The van der Waals surface area contributed by atoms with Crippen LogP contribution in [-0.4, -0.2) is 13.0 Å². The second kappa shape index (κ2) is 4.96. The minimum absolute atomic E-state index is 0.0583. The van der Waals surface area contributed by atoms with E-state index in [9.17, 15) is 4.79 Å². The lowest BCUT2D eigenvalue weighted by molar-refractivity contribution is -0.114. The molecule has 0 saturated carbocycles. The van der Waals surface area contributed by atoms with Crippen molar-refractivity contribution in [3.8, 4) is 0 Å². The fourth-order valence-electron chi connectivity index (χ4n) is 0.916. The van der Waals surface area contributed by atoms with Gasteiger partial charge in [0.2, 0.25) is 5.91 Å². The molecule has 0 unspecified atom stereocenters. The molecule has 0 spiro atoms. The van der Waals surface area contributed by atoms with Crippen molar-refractivity contribution < 1.29 is 9.63 Å². The molecule has 0 aliphatic heterocycles. The lowest BCUT2D eigenvalue weighted by Gasteiger charge is -2.03. The highest BCUT2D eigenvalue weighted by Crippen LogP contribution is 2.21. The molecule has 0 atom stereocenters. The minimum Gasteiger partial charge on any atom is -0.325 e. The summed E-state index contributed by atoms with van der Waals surface area (Å²) in [5.74, 6) is -0.0583. The molecule has 1 heterocycles. The van der Waals surface area contributed by atoms with Gasteiger partial charge in [-0.15, -0.1) is 11.3 Å². The Labute approximate surface area is 80.9 Å². The van der Waals surface area contributed by atoms with Gasteiger partial charge in [-0.05, 0) is 11.4 Å². The lowest BCUT2D eigenvalue weighted by Crippen LogP contribution is -2.12. The fourth-order valence-corrected chi connectivity index (χ4v) is 1.67. The van der Waals surface area contributed by atoms with E-state index in [1.54, 1.807) is 18.4 Å². The molecular formula is C8H12N2O2S. The second-order valence-corrected chi connectivity index (χ2v) is 3.46. The van der Waals surface area contributed by atoms with Crippen LogP contribution < -0.4 is 10.8 Å². The fraction of sp³-hybridized carbons (Fsp3) is 0.375. The van der Waals surface area contributed by atoms with Crippen LogP contribution in [0.25, 0.3) is 0 Å². The molecular weight excluding hydrogens is 188 g/mol. The normalized spacial score (nSPS) is 10.0. The van der Waals surface area contributed by atoms with Crippen LogP contribution in [0.2, 0.25) is 0 Å². The zero-order chi connectivity index (χ0) is 9.68. The number of anilines is 1. The first-order chi connectivity index (χ1) is 6.24. The summed E-state index contributed by atoms with van der Waals surface area (Å²) in [5, 5.41) is 4.67. The highest BCUT2D eigenvalue weighted by atomic mass is 32.1. The number of amides is 1. The molecule has 0 aliphatic rings. The van der Waals surface area contributed by atoms with E-state index in [0.29, 0.717) is 6.54 Å². The summed E-state index contributed by atoms with van der Waals surface area (Å²) in [4.78, 5) is 16.6. The zero-order valence-electron chi connectivity index (χ0n) is 7.59. The van der Waals surface area contributed by atoms with Crippen molar-refractivity contribution in [2.45, 2.75) is 13.5 Å². The Morgan fingerprint density at radius 2 is 2.46 bits per heavy atom. The quantitative estimate of drug-likeness (QED) is 0.721. The van der Waals surface area contributed by atoms with E-state index in [1.807, 2.05) is 11.4 Å². The number of hydrogen-bond acceptors (Lipinski definition) is 4. The van der Waals surface area contributed by atoms with Gasteiger partial charge in [-0.1, -0.05) is 0 Å². The first-order valence-corrected chi connectivity index (χ1v) is 4.72. The van der Waals surface area contributed by atoms with Crippen molar-refractivity contribution in [2.24, 2.45) is 0 Å². The average molecular weight is 200 g/mol. The van der Waals surface area contributed by atoms with Gasteiger partial charge in [-0.3, -0.25) is 4.79 Å². The number of thiophene rings is 1. The van der Waals surface area contributed by atoms with Crippen molar-refractivity contribution in [3.63, 3.8) is 0 Å². The van der Waals surface area contributed by atoms with Gasteiger partial charge in [0.15, 0.2) is 0 Å². The molecule has 72 valence electrons. The minimum atomic E-state index is -0.0583. The van der Waals surface area contributed by atoms with E-state index >= 15 is 0 Å². The number of carbonyl (C=O) groups excluding carboxylic acids is 1. The van der Waals surface area contributed by atoms with Crippen LogP contribution in [0, 0.1) is 0 Å².